The van der Waals surface area contributed by atoms with Crippen LogP contribution in [0.5, 0.6) is 0 Å². The second-order valence-corrected chi connectivity index (χ2v) is 4.81. The van der Waals surface area contributed by atoms with Crippen LogP contribution in [-0.4, -0.2) is 35.7 Å². The third kappa shape index (κ3) is 5.70. The van der Waals surface area contributed by atoms with Crippen LogP contribution >= 0.6 is 22.9 Å². The molecule has 0 radical (unpaired) electrons. The zero-order valence-electron chi connectivity index (χ0n) is 9.43. The Morgan fingerprint density at radius 3 is 2.65 bits per heavy atom. The first-order valence-electron chi connectivity index (χ1n) is 5.23. The maximum Gasteiger partial charge on any atom is 0.401 e. The lowest BCUT2D eigenvalue weighted by atomic mass is 10.3. The lowest BCUT2D eigenvalue weighted by molar-refractivity contribution is -0.145. The summed E-state index contributed by atoms with van der Waals surface area (Å²) in [7, 11) is 0. The van der Waals surface area contributed by atoms with E-state index in [0.29, 0.717) is 25.4 Å². The molecule has 0 amide bonds. The highest BCUT2D eigenvalue weighted by molar-refractivity contribution is 7.09. The molecule has 0 aliphatic carbocycles. The van der Waals surface area contributed by atoms with Gasteiger partial charge in [0.15, 0.2) is 0 Å². The van der Waals surface area contributed by atoms with Crippen molar-refractivity contribution in [1.82, 2.24) is 9.88 Å². The summed E-state index contributed by atoms with van der Waals surface area (Å²) in [6.45, 7) is 1.60. The van der Waals surface area contributed by atoms with Gasteiger partial charge in [-0.25, -0.2) is 4.98 Å². The van der Waals surface area contributed by atoms with E-state index in [4.69, 9.17) is 11.6 Å². The van der Waals surface area contributed by atoms with Gasteiger partial charge in [-0.1, -0.05) is 6.92 Å². The summed E-state index contributed by atoms with van der Waals surface area (Å²) in [5.74, 6) is 0.344. The van der Waals surface area contributed by atoms with Crippen LogP contribution in [0, 0.1) is 0 Å². The average molecular weight is 287 g/mol. The minimum atomic E-state index is -4.14. The van der Waals surface area contributed by atoms with E-state index >= 15 is 0 Å². The summed E-state index contributed by atoms with van der Waals surface area (Å²) in [6.07, 6.45) is -3.61. The summed E-state index contributed by atoms with van der Waals surface area (Å²) in [4.78, 5) is 5.57. The van der Waals surface area contributed by atoms with Crippen molar-refractivity contribution in [3.63, 3.8) is 0 Å². The van der Waals surface area contributed by atoms with E-state index in [1.165, 1.54) is 16.2 Å². The van der Waals surface area contributed by atoms with Gasteiger partial charge in [-0.05, 0) is 6.54 Å². The molecule has 98 valence electrons. The molecule has 1 rings (SSSR count). The predicted molar refractivity (Wildman–Crippen MR) is 63.5 cm³/mol. The fourth-order valence-corrected chi connectivity index (χ4v) is 2.40. The molecule has 0 aromatic carbocycles. The third-order valence-electron chi connectivity index (χ3n) is 2.23. The Hall–Kier alpha value is -0.330. The Kier molecular flexibility index (Phi) is 5.69. The Balaban J connectivity index is 2.42. The molecule has 0 aliphatic rings. The topological polar surface area (TPSA) is 16.1 Å². The SMILES string of the molecule is CCN(CCc1nc(CCl)cs1)CC(F)(F)F. The molecule has 1 aromatic rings. The number of halogens is 4. The summed E-state index contributed by atoms with van der Waals surface area (Å²) in [6, 6.07) is 0. The van der Waals surface area contributed by atoms with Crippen molar-refractivity contribution in [3.8, 4) is 0 Å². The fraction of sp³-hybridized carbons (Fsp3) is 0.700. The largest absolute Gasteiger partial charge is 0.401 e. The lowest BCUT2D eigenvalue weighted by Crippen LogP contribution is -2.35. The molecule has 0 bridgehead atoms. The maximum atomic E-state index is 12.2. The van der Waals surface area contributed by atoms with Gasteiger partial charge < -0.3 is 0 Å². The van der Waals surface area contributed by atoms with Gasteiger partial charge in [-0.3, -0.25) is 4.90 Å². The molecule has 17 heavy (non-hydrogen) atoms. The number of thiazole rings is 1. The summed E-state index contributed by atoms with van der Waals surface area (Å²) in [5.41, 5.74) is 0.783. The summed E-state index contributed by atoms with van der Waals surface area (Å²) in [5, 5.41) is 2.67. The fourth-order valence-electron chi connectivity index (χ4n) is 1.38. The number of likely N-dealkylation sites (N-methyl/N-ethyl adjacent to an activating group) is 1. The van der Waals surface area contributed by atoms with Crippen LogP contribution in [-0.2, 0) is 12.3 Å². The zero-order chi connectivity index (χ0) is 12.9. The molecule has 2 nitrogen and oxygen atoms in total. The highest BCUT2D eigenvalue weighted by atomic mass is 35.5. The Morgan fingerprint density at radius 2 is 2.18 bits per heavy atom. The van der Waals surface area contributed by atoms with Gasteiger partial charge in [0.1, 0.15) is 0 Å². The molecule has 0 saturated carbocycles. The van der Waals surface area contributed by atoms with E-state index in [0.717, 1.165) is 10.7 Å². The Labute approximate surface area is 107 Å². The standard InChI is InChI=1S/C10H14ClF3N2S/c1-2-16(7-10(12,13)14)4-3-9-15-8(5-11)6-17-9/h6H,2-5,7H2,1H3. The van der Waals surface area contributed by atoms with Crippen LogP contribution in [0.25, 0.3) is 0 Å². The van der Waals surface area contributed by atoms with Gasteiger partial charge >= 0.3 is 6.18 Å². The van der Waals surface area contributed by atoms with E-state index in [2.05, 4.69) is 4.98 Å². The molecule has 0 spiro atoms. The second-order valence-electron chi connectivity index (χ2n) is 3.60. The Morgan fingerprint density at radius 1 is 1.47 bits per heavy atom. The molecule has 0 atom stereocenters. The number of hydrogen-bond donors (Lipinski definition) is 0. The average Bonchev–Trinajstić information content (AvgIpc) is 2.70. The molecule has 0 unspecified atom stereocenters. The van der Waals surface area contributed by atoms with Gasteiger partial charge in [0.25, 0.3) is 0 Å². The van der Waals surface area contributed by atoms with Gasteiger partial charge in [0, 0.05) is 18.3 Å². The smallest absolute Gasteiger partial charge is 0.295 e. The summed E-state index contributed by atoms with van der Waals surface area (Å²) >= 11 is 7.04. The molecular weight excluding hydrogens is 273 g/mol. The van der Waals surface area contributed by atoms with Crippen LogP contribution in [0.1, 0.15) is 17.6 Å². The first kappa shape index (κ1) is 14.7. The molecule has 0 N–H and O–H groups in total. The quantitative estimate of drug-likeness (QED) is 0.746. The molecule has 0 fully saturated rings. The van der Waals surface area contributed by atoms with E-state index in [1.807, 2.05) is 5.38 Å². The first-order valence-corrected chi connectivity index (χ1v) is 6.64. The maximum absolute atomic E-state index is 12.2. The van der Waals surface area contributed by atoms with Crippen molar-refractivity contribution < 1.29 is 13.2 Å². The summed E-state index contributed by atoms with van der Waals surface area (Å²) < 4.78 is 36.6. The molecule has 1 heterocycles. The van der Waals surface area contributed by atoms with Crippen LogP contribution in [0.15, 0.2) is 5.38 Å². The van der Waals surface area contributed by atoms with E-state index in [-0.39, 0.29) is 0 Å². The van der Waals surface area contributed by atoms with Crippen molar-refractivity contribution >= 4 is 22.9 Å². The number of alkyl halides is 4. The zero-order valence-corrected chi connectivity index (χ0v) is 11.0. The van der Waals surface area contributed by atoms with Crippen molar-refractivity contribution in [2.75, 3.05) is 19.6 Å². The Bertz CT molecular complexity index is 341. The van der Waals surface area contributed by atoms with Gasteiger partial charge in [-0.2, -0.15) is 13.2 Å². The van der Waals surface area contributed by atoms with Crippen LogP contribution < -0.4 is 0 Å². The predicted octanol–water partition coefficient (Wildman–Crippen LogP) is 3.31. The highest BCUT2D eigenvalue weighted by Crippen LogP contribution is 2.17. The monoisotopic (exact) mass is 286 g/mol. The van der Waals surface area contributed by atoms with Crippen molar-refractivity contribution in [3.05, 3.63) is 16.1 Å². The van der Waals surface area contributed by atoms with Gasteiger partial charge in [-0.15, -0.1) is 22.9 Å². The number of rotatable bonds is 6. The van der Waals surface area contributed by atoms with Crippen molar-refractivity contribution in [1.29, 1.82) is 0 Å². The number of hydrogen-bond acceptors (Lipinski definition) is 3. The number of aromatic nitrogens is 1. The van der Waals surface area contributed by atoms with E-state index < -0.39 is 12.7 Å². The van der Waals surface area contributed by atoms with Gasteiger partial charge in [0.2, 0.25) is 0 Å². The molecule has 1 aromatic heterocycles. The van der Waals surface area contributed by atoms with Gasteiger partial charge in [0.05, 0.1) is 23.1 Å². The van der Waals surface area contributed by atoms with Crippen molar-refractivity contribution in [2.24, 2.45) is 0 Å². The molecular formula is C10H14ClF3N2S. The molecule has 7 heteroatoms. The molecule has 0 aliphatic heterocycles. The minimum Gasteiger partial charge on any atom is -0.295 e. The lowest BCUT2D eigenvalue weighted by Gasteiger charge is -2.21. The van der Waals surface area contributed by atoms with Crippen LogP contribution in [0.4, 0.5) is 13.2 Å². The highest BCUT2D eigenvalue weighted by Gasteiger charge is 2.29. The first-order chi connectivity index (χ1) is 7.94. The minimum absolute atomic E-state index is 0.344. The third-order valence-corrected chi connectivity index (χ3v) is 3.46. The number of nitrogens with zero attached hydrogens (tertiary/aromatic N) is 2. The van der Waals surface area contributed by atoms with E-state index in [9.17, 15) is 13.2 Å². The molecule has 0 saturated heterocycles. The normalized spacial score (nSPS) is 12.4. The second kappa shape index (κ2) is 6.56. The van der Waals surface area contributed by atoms with E-state index in [1.54, 1.807) is 6.92 Å². The van der Waals surface area contributed by atoms with Crippen LogP contribution in [0.2, 0.25) is 0 Å². The van der Waals surface area contributed by atoms with Crippen LogP contribution in [0.3, 0.4) is 0 Å². The van der Waals surface area contributed by atoms with Crippen molar-refractivity contribution in [2.45, 2.75) is 25.4 Å².